The normalized spacial score (nSPS) is 35.5. The fourth-order valence-electron chi connectivity index (χ4n) is 4.46. The summed E-state index contributed by atoms with van der Waals surface area (Å²) in [6.07, 6.45) is 6.42. The minimum Gasteiger partial charge on any atom is -0.458 e. The van der Waals surface area contributed by atoms with Gasteiger partial charge in [0.15, 0.2) is 0 Å². The molecule has 0 spiro atoms. The summed E-state index contributed by atoms with van der Waals surface area (Å²) >= 11 is 0. The number of rotatable bonds is 2. The van der Waals surface area contributed by atoms with Crippen LogP contribution in [0.25, 0.3) is 0 Å². The fourth-order valence-corrected chi connectivity index (χ4v) is 4.46. The molecule has 0 aromatic heterocycles. The SMILES string of the molecule is CC1=CC(O/C=C2/C(=O)O[C@@H]3C4=C(CCCC4(C)C)C[C@H]23)OC1=O. The summed E-state index contributed by atoms with van der Waals surface area (Å²) in [7, 11) is 0. The van der Waals surface area contributed by atoms with E-state index in [1.54, 1.807) is 13.0 Å². The van der Waals surface area contributed by atoms with Gasteiger partial charge in [0.2, 0.25) is 0 Å². The maximum absolute atomic E-state index is 12.3. The van der Waals surface area contributed by atoms with Crippen LogP contribution in [0.1, 0.15) is 46.5 Å². The summed E-state index contributed by atoms with van der Waals surface area (Å²) in [6, 6.07) is 0. The van der Waals surface area contributed by atoms with Gasteiger partial charge >= 0.3 is 11.9 Å². The maximum Gasteiger partial charge on any atom is 0.338 e. The molecule has 24 heavy (non-hydrogen) atoms. The second-order valence-electron chi connectivity index (χ2n) is 7.72. The number of carbonyl (C=O) groups is 2. The molecule has 1 unspecified atom stereocenters. The molecule has 5 nitrogen and oxygen atoms in total. The van der Waals surface area contributed by atoms with Crippen LogP contribution in [0.5, 0.6) is 0 Å². The summed E-state index contributed by atoms with van der Waals surface area (Å²) in [5.41, 5.74) is 3.93. The maximum atomic E-state index is 12.3. The van der Waals surface area contributed by atoms with E-state index in [0.29, 0.717) is 11.1 Å². The number of hydrogen-bond donors (Lipinski definition) is 0. The Morgan fingerprint density at radius 2 is 2.04 bits per heavy atom. The lowest BCUT2D eigenvalue weighted by atomic mass is 9.72. The van der Waals surface area contributed by atoms with Gasteiger partial charge in [0, 0.05) is 17.6 Å². The second-order valence-corrected chi connectivity index (χ2v) is 7.72. The van der Waals surface area contributed by atoms with Gasteiger partial charge in [0.1, 0.15) is 6.10 Å². The van der Waals surface area contributed by atoms with Gasteiger partial charge in [-0.1, -0.05) is 19.4 Å². The average Bonchev–Trinajstić information content (AvgIpc) is 3.10. The number of ether oxygens (including phenoxy) is 3. The molecule has 0 saturated carbocycles. The molecule has 1 fully saturated rings. The lowest BCUT2D eigenvalue weighted by Crippen LogP contribution is -2.27. The average molecular weight is 330 g/mol. The molecular weight excluding hydrogens is 308 g/mol. The molecule has 0 N–H and O–H groups in total. The second kappa shape index (κ2) is 5.23. The minimum absolute atomic E-state index is 0.0297. The van der Waals surface area contributed by atoms with Crippen molar-refractivity contribution in [2.45, 2.75) is 58.8 Å². The zero-order valence-electron chi connectivity index (χ0n) is 14.3. The Hall–Kier alpha value is -2.04. The van der Waals surface area contributed by atoms with Gasteiger partial charge in [-0.3, -0.25) is 0 Å². The van der Waals surface area contributed by atoms with Crippen molar-refractivity contribution in [3.05, 3.63) is 34.6 Å². The first-order chi connectivity index (χ1) is 11.4. The van der Waals surface area contributed by atoms with Crippen LogP contribution in [0.2, 0.25) is 0 Å². The Balaban J connectivity index is 1.55. The first kappa shape index (κ1) is 15.5. The Morgan fingerprint density at radius 3 is 2.75 bits per heavy atom. The van der Waals surface area contributed by atoms with E-state index in [-0.39, 0.29) is 29.4 Å². The van der Waals surface area contributed by atoms with Crippen molar-refractivity contribution in [1.29, 1.82) is 0 Å². The van der Waals surface area contributed by atoms with Gasteiger partial charge < -0.3 is 14.2 Å². The molecule has 4 rings (SSSR count). The third-order valence-corrected chi connectivity index (χ3v) is 5.64. The number of fused-ring (bicyclic) bond motifs is 2. The van der Waals surface area contributed by atoms with Crippen molar-refractivity contribution < 1.29 is 23.8 Å². The lowest BCUT2D eigenvalue weighted by Gasteiger charge is -2.34. The van der Waals surface area contributed by atoms with E-state index in [1.165, 1.54) is 23.8 Å². The van der Waals surface area contributed by atoms with Crippen molar-refractivity contribution in [2.24, 2.45) is 11.3 Å². The van der Waals surface area contributed by atoms with E-state index < -0.39 is 6.29 Å². The quantitative estimate of drug-likeness (QED) is 0.337. The predicted octanol–water partition coefficient (Wildman–Crippen LogP) is 3.17. The Bertz CT molecular complexity index is 709. The molecule has 5 heteroatoms. The highest BCUT2D eigenvalue weighted by atomic mass is 16.7. The highest BCUT2D eigenvalue weighted by molar-refractivity contribution is 5.92. The van der Waals surface area contributed by atoms with Crippen LogP contribution in [-0.2, 0) is 23.8 Å². The van der Waals surface area contributed by atoms with Gasteiger partial charge in [0.05, 0.1) is 11.8 Å². The van der Waals surface area contributed by atoms with Crippen LogP contribution >= 0.6 is 0 Å². The molecule has 0 radical (unpaired) electrons. The fraction of sp³-hybridized carbons (Fsp3) is 0.579. The van der Waals surface area contributed by atoms with Gasteiger partial charge in [-0.05, 0) is 43.6 Å². The largest absolute Gasteiger partial charge is 0.458 e. The highest BCUT2D eigenvalue weighted by Crippen LogP contribution is 2.54. The van der Waals surface area contributed by atoms with Crippen molar-refractivity contribution in [3.63, 3.8) is 0 Å². The minimum atomic E-state index is -0.753. The van der Waals surface area contributed by atoms with Crippen molar-refractivity contribution >= 4 is 11.9 Å². The van der Waals surface area contributed by atoms with Crippen LogP contribution in [0.15, 0.2) is 34.6 Å². The standard InChI is InChI=1S/C19H22O5/c1-10-7-14(23-17(10)20)22-9-13-12-8-11-5-4-6-19(2,3)15(11)16(12)24-18(13)21/h7,9,12,14,16H,4-6,8H2,1-3H3/b13-9+/t12-,14?,16+/m1/s1. The molecule has 128 valence electrons. The van der Waals surface area contributed by atoms with Crippen molar-refractivity contribution in [2.75, 3.05) is 0 Å². The molecular formula is C19H22O5. The molecule has 1 saturated heterocycles. The van der Waals surface area contributed by atoms with E-state index in [9.17, 15) is 9.59 Å². The van der Waals surface area contributed by atoms with Gasteiger partial charge in [-0.25, -0.2) is 9.59 Å². The third-order valence-electron chi connectivity index (χ3n) is 5.64. The molecule has 0 aromatic rings. The van der Waals surface area contributed by atoms with Crippen LogP contribution in [0.3, 0.4) is 0 Å². The summed E-state index contributed by atoms with van der Waals surface area (Å²) in [5.74, 6) is -0.671. The smallest absolute Gasteiger partial charge is 0.338 e. The molecule has 2 aliphatic carbocycles. The van der Waals surface area contributed by atoms with Gasteiger partial charge in [0.25, 0.3) is 6.29 Å². The number of esters is 2. The number of hydrogen-bond acceptors (Lipinski definition) is 5. The Kier molecular flexibility index (Phi) is 3.37. The molecule has 0 amide bonds. The van der Waals surface area contributed by atoms with E-state index in [0.717, 1.165) is 19.3 Å². The predicted molar refractivity (Wildman–Crippen MR) is 85.5 cm³/mol. The monoisotopic (exact) mass is 330 g/mol. The molecule has 0 aromatic carbocycles. The molecule has 4 aliphatic rings. The molecule has 2 aliphatic heterocycles. The van der Waals surface area contributed by atoms with Crippen molar-refractivity contribution in [1.82, 2.24) is 0 Å². The summed E-state index contributed by atoms with van der Waals surface area (Å²) in [6.45, 7) is 6.15. The van der Waals surface area contributed by atoms with Crippen LogP contribution < -0.4 is 0 Å². The van der Waals surface area contributed by atoms with Crippen LogP contribution in [0.4, 0.5) is 0 Å². The number of carbonyl (C=O) groups excluding carboxylic acids is 2. The van der Waals surface area contributed by atoms with Crippen LogP contribution in [-0.4, -0.2) is 24.3 Å². The Labute approximate surface area is 141 Å². The summed E-state index contributed by atoms with van der Waals surface area (Å²) in [5, 5.41) is 0. The zero-order valence-corrected chi connectivity index (χ0v) is 14.3. The molecule has 0 bridgehead atoms. The number of allylic oxidation sites excluding steroid dienone is 1. The van der Waals surface area contributed by atoms with E-state index in [4.69, 9.17) is 14.2 Å². The topological polar surface area (TPSA) is 61.8 Å². The molecule has 2 heterocycles. The summed E-state index contributed by atoms with van der Waals surface area (Å²) < 4.78 is 16.2. The van der Waals surface area contributed by atoms with Crippen LogP contribution in [0, 0.1) is 11.3 Å². The Morgan fingerprint density at radius 1 is 1.25 bits per heavy atom. The van der Waals surface area contributed by atoms with Crippen molar-refractivity contribution in [3.8, 4) is 0 Å². The first-order valence-electron chi connectivity index (χ1n) is 8.55. The highest BCUT2D eigenvalue weighted by Gasteiger charge is 2.52. The van der Waals surface area contributed by atoms with E-state index >= 15 is 0 Å². The van der Waals surface area contributed by atoms with Gasteiger partial charge in [-0.2, -0.15) is 0 Å². The summed E-state index contributed by atoms with van der Waals surface area (Å²) in [4.78, 5) is 23.7. The first-order valence-corrected chi connectivity index (χ1v) is 8.55. The zero-order chi connectivity index (χ0) is 17.1. The number of cyclic esters (lactones) is 1. The van der Waals surface area contributed by atoms with E-state index in [2.05, 4.69) is 13.8 Å². The lowest BCUT2D eigenvalue weighted by molar-refractivity contribution is -0.152. The van der Waals surface area contributed by atoms with Gasteiger partial charge in [-0.15, -0.1) is 0 Å². The van der Waals surface area contributed by atoms with E-state index in [1.807, 2.05) is 0 Å². The third kappa shape index (κ3) is 2.29. The molecule has 3 atom stereocenters.